The Labute approximate surface area is 127 Å². The smallest absolute Gasteiger partial charge is 0.146 e. The molecule has 0 radical (unpaired) electrons. The summed E-state index contributed by atoms with van der Waals surface area (Å²) in [5.41, 5.74) is 2.63. The van der Waals surface area contributed by atoms with Crippen LogP contribution in [0.5, 0.6) is 0 Å². The molecule has 0 aromatic rings. The Bertz CT molecular complexity index is 546. The number of aliphatic hydroxyl groups excluding tert-OH is 1. The second-order valence-electron chi connectivity index (χ2n) is 8.22. The summed E-state index contributed by atoms with van der Waals surface area (Å²) in [7, 11) is 0. The standard InChI is InChI=1S/C19H26O2/c1-18-9-4-3-5-13(18)12(11-20)17-14-6-7-16(21)19(14,2)10-8-15(17)18/h3,5,11,14-17,21H,4,6-10H2,1-2H3/t14-,15-,16-,17+,18-,19-/m0/s1. The van der Waals surface area contributed by atoms with Gasteiger partial charge in [0.25, 0.3) is 0 Å². The van der Waals surface area contributed by atoms with Crippen molar-refractivity contribution in [2.24, 2.45) is 28.6 Å². The van der Waals surface area contributed by atoms with Crippen molar-refractivity contribution in [3.05, 3.63) is 23.3 Å². The van der Waals surface area contributed by atoms with Crippen molar-refractivity contribution in [2.75, 3.05) is 0 Å². The van der Waals surface area contributed by atoms with E-state index in [1.165, 1.54) is 18.4 Å². The summed E-state index contributed by atoms with van der Waals surface area (Å²) in [6.07, 6.45) is 12.1. The first-order chi connectivity index (χ1) is 10.0. The van der Waals surface area contributed by atoms with Crippen molar-refractivity contribution in [3.63, 3.8) is 0 Å². The molecule has 2 heteroatoms. The molecule has 0 aromatic carbocycles. The summed E-state index contributed by atoms with van der Waals surface area (Å²) < 4.78 is 0. The molecule has 0 bridgehead atoms. The van der Waals surface area contributed by atoms with Crippen LogP contribution in [0, 0.1) is 28.6 Å². The number of allylic oxidation sites excluding steroid dienone is 4. The van der Waals surface area contributed by atoms with Crippen molar-refractivity contribution in [1.82, 2.24) is 0 Å². The summed E-state index contributed by atoms with van der Waals surface area (Å²) in [6.45, 7) is 4.65. The number of aldehydes is 1. The number of carbonyl (C=O) groups excluding carboxylic acids is 1. The maximum Gasteiger partial charge on any atom is 0.146 e. The van der Waals surface area contributed by atoms with Gasteiger partial charge in [-0.15, -0.1) is 0 Å². The maximum atomic E-state index is 11.9. The van der Waals surface area contributed by atoms with Crippen molar-refractivity contribution >= 4 is 6.29 Å². The van der Waals surface area contributed by atoms with E-state index >= 15 is 0 Å². The molecule has 0 aromatic heterocycles. The van der Waals surface area contributed by atoms with Gasteiger partial charge in [-0.1, -0.05) is 26.0 Å². The van der Waals surface area contributed by atoms with Crippen LogP contribution in [-0.4, -0.2) is 17.5 Å². The SMILES string of the molecule is C[C@]12CC[C@H]3[C@H](C(C=O)=C4C=CCC[C@@]43C)[C@@H]1CC[C@@H]2O. The Morgan fingerprint density at radius 2 is 2.00 bits per heavy atom. The number of hydrogen-bond donors (Lipinski definition) is 1. The van der Waals surface area contributed by atoms with Gasteiger partial charge in [-0.2, -0.15) is 0 Å². The van der Waals surface area contributed by atoms with E-state index in [1.807, 2.05) is 0 Å². The Morgan fingerprint density at radius 3 is 2.76 bits per heavy atom. The van der Waals surface area contributed by atoms with Crippen molar-refractivity contribution in [1.29, 1.82) is 0 Å². The molecule has 4 rings (SSSR count). The fourth-order valence-electron chi connectivity index (χ4n) is 6.30. The lowest BCUT2D eigenvalue weighted by Gasteiger charge is -2.49. The Hall–Kier alpha value is -0.890. The highest BCUT2D eigenvalue weighted by molar-refractivity contribution is 5.79. The molecule has 4 aliphatic carbocycles. The fourth-order valence-corrected chi connectivity index (χ4v) is 6.30. The van der Waals surface area contributed by atoms with Crippen LogP contribution in [0.4, 0.5) is 0 Å². The third-order valence-electron chi connectivity index (χ3n) is 7.57. The summed E-state index contributed by atoms with van der Waals surface area (Å²) in [5.74, 6) is 1.50. The molecule has 2 saturated carbocycles. The molecule has 4 aliphatic rings. The van der Waals surface area contributed by atoms with Crippen LogP contribution < -0.4 is 0 Å². The molecule has 2 fully saturated rings. The molecule has 0 amide bonds. The first-order valence-electron chi connectivity index (χ1n) is 8.57. The highest BCUT2D eigenvalue weighted by atomic mass is 16.3. The molecule has 1 N–H and O–H groups in total. The quantitative estimate of drug-likeness (QED) is 0.747. The molecule has 2 nitrogen and oxygen atoms in total. The monoisotopic (exact) mass is 286 g/mol. The number of carbonyl (C=O) groups is 1. The minimum Gasteiger partial charge on any atom is -0.393 e. The summed E-state index contributed by atoms with van der Waals surface area (Å²) in [5, 5.41) is 10.5. The molecular formula is C19H26O2. The van der Waals surface area contributed by atoms with Gasteiger partial charge in [-0.05, 0) is 78.3 Å². The van der Waals surface area contributed by atoms with E-state index < -0.39 is 0 Å². The van der Waals surface area contributed by atoms with Crippen molar-refractivity contribution in [3.8, 4) is 0 Å². The maximum absolute atomic E-state index is 11.9. The molecule has 0 aliphatic heterocycles. The van der Waals surface area contributed by atoms with Crippen LogP contribution in [0.1, 0.15) is 52.4 Å². The van der Waals surface area contributed by atoms with Gasteiger partial charge in [-0.25, -0.2) is 0 Å². The molecule has 114 valence electrons. The second-order valence-corrected chi connectivity index (χ2v) is 8.22. The first kappa shape index (κ1) is 13.8. The lowest BCUT2D eigenvalue weighted by molar-refractivity contribution is -0.106. The van der Waals surface area contributed by atoms with Gasteiger partial charge in [0.15, 0.2) is 0 Å². The van der Waals surface area contributed by atoms with Crippen LogP contribution in [0.15, 0.2) is 23.3 Å². The highest BCUT2D eigenvalue weighted by Crippen LogP contribution is 2.67. The van der Waals surface area contributed by atoms with Crippen LogP contribution in [0.2, 0.25) is 0 Å². The molecule has 21 heavy (non-hydrogen) atoms. The number of aliphatic hydroxyl groups is 1. The second kappa shape index (κ2) is 4.32. The third-order valence-corrected chi connectivity index (χ3v) is 7.57. The summed E-state index contributed by atoms with van der Waals surface area (Å²) >= 11 is 0. The fraction of sp³-hybridized carbons (Fsp3) is 0.737. The molecular weight excluding hydrogens is 260 g/mol. The van der Waals surface area contributed by atoms with E-state index in [0.29, 0.717) is 17.8 Å². The molecule has 0 saturated heterocycles. The van der Waals surface area contributed by atoms with Crippen LogP contribution >= 0.6 is 0 Å². The Morgan fingerprint density at radius 1 is 1.19 bits per heavy atom. The van der Waals surface area contributed by atoms with E-state index in [1.54, 1.807) is 0 Å². The van der Waals surface area contributed by atoms with Crippen LogP contribution in [0.3, 0.4) is 0 Å². The van der Waals surface area contributed by atoms with Crippen molar-refractivity contribution in [2.45, 2.75) is 58.5 Å². The van der Waals surface area contributed by atoms with Gasteiger partial charge in [0.1, 0.15) is 6.29 Å². The first-order valence-corrected chi connectivity index (χ1v) is 8.57. The summed E-state index contributed by atoms with van der Waals surface area (Å²) in [4.78, 5) is 11.9. The van der Waals surface area contributed by atoms with Gasteiger partial charge >= 0.3 is 0 Å². The number of fused-ring (bicyclic) bond motifs is 5. The van der Waals surface area contributed by atoms with Crippen molar-refractivity contribution < 1.29 is 9.90 Å². The van der Waals surface area contributed by atoms with Gasteiger partial charge in [0.05, 0.1) is 6.10 Å². The number of hydrogen-bond acceptors (Lipinski definition) is 2. The summed E-state index contributed by atoms with van der Waals surface area (Å²) in [6, 6.07) is 0. The third kappa shape index (κ3) is 1.55. The van der Waals surface area contributed by atoms with E-state index in [2.05, 4.69) is 26.0 Å². The average molecular weight is 286 g/mol. The number of rotatable bonds is 1. The minimum absolute atomic E-state index is 0.0313. The highest BCUT2D eigenvalue weighted by Gasteiger charge is 2.61. The molecule has 6 atom stereocenters. The predicted molar refractivity (Wildman–Crippen MR) is 82.6 cm³/mol. The van der Waals surface area contributed by atoms with E-state index in [0.717, 1.165) is 37.5 Å². The van der Waals surface area contributed by atoms with Gasteiger partial charge in [0, 0.05) is 0 Å². The Kier molecular flexibility index (Phi) is 2.83. The lowest BCUT2D eigenvalue weighted by Crippen LogP contribution is -2.45. The van der Waals surface area contributed by atoms with E-state index in [9.17, 15) is 9.90 Å². The topological polar surface area (TPSA) is 37.3 Å². The zero-order valence-corrected chi connectivity index (χ0v) is 13.1. The van der Waals surface area contributed by atoms with Gasteiger partial charge in [0.2, 0.25) is 0 Å². The largest absolute Gasteiger partial charge is 0.393 e. The van der Waals surface area contributed by atoms with E-state index in [4.69, 9.17) is 0 Å². The Balaban J connectivity index is 1.84. The minimum atomic E-state index is -0.174. The molecule has 0 heterocycles. The average Bonchev–Trinajstić information content (AvgIpc) is 2.91. The predicted octanol–water partition coefficient (Wildman–Crippen LogP) is 3.66. The van der Waals surface area contributed by atoms with Gasteiger partial charge < -0.3 is 5.11 Å². The molecule has 0 spiro atoms. The molecule has 0 unspecified atom stereocenters. The zero-order valence-electron chi connectivity index (χ0n) is 13.1. The normalized spacial score (nSPS) is 51.6. The lowest BCUT2D eigenvalue weighted by atomic mass is 9.55. The van der Waals surface area contributed by atoms with Gasteiger partial charge in [-0.3, -0.25) is 4.79 Å². The zero-order chi connectivity index (χ0) is 14.8. The van der Waals surface area contributed by atoms with E-state index in [-0.39, 0.29) is 16.9 Å². The van der Waals surface area contributed by atoms with Crippen LogP contribution in [0.25, 0.3) is 0 Å². The van der Waals surface area contributed by atoms with Crippen LogP contribution in [-0.2, 0) is 4.79 Å².